The summed E-state index contributed by atoms with van der Waals surface area (Å²) in [4.78, 5) is 18.7. The lowest BCUT2D eigenvalue weighted by Gasteiger charge is -2.24. The fourth-order valence-electron chi connectivity index (χ4n) is 2.25. The molecule has 0 aromatic carbocycles. The van der Waals surface area contributed by atoms with Gasteiger partial charge in [0.2, 0.25) is 0 Å². The van der Waals surface area contributed by atoms with Crippen molar-refractivity contribution in [2.75, 3.05) is 11.1 Å². The fraction of sp³-hybridized carbons (Fsp3) is 0.500. The molecule has 18 heavy (non-hydrogen) atoms. The van der Waals surface area contributed by atoms with Crippen molar-refractivity contribution in [1.29, 1.82) is 0 Å². The summed E-state index contributed by atoms with van der Waals surface area (Å²) in [6.07, 6.45) is 0. The second-order valence-electron chi connectivity index (χ2n) is 4.92. The van der Waals surface area contributed by atoms with Gasteiger partial charge in [-0.2, -0.15) is 4.98 Å². The molecule has 2 aromatic rings. The predicted molar refractivity (Wildman–Crippen MR) is 81.5 cm³/mol. The molecule has 0 radical (unpaired) electrons. The molecule has 1 unspecified atom stereocenters. The van der Waals surface area contributed by atoms with Crippen LogP contribution in [-0.4, -0.2) is 20.6 Å². The van der Waals surface area contributed by atoms with E-state index in [4.69, 9.17) is 0 Å². The summed E-state index contributed by atoms with van der Waals surface area (Å²) >= 11 is 6.97. The van der Waals surface area contributed by atoms with Crippen molar-refractivity contribution < 1.29 is 0 Å². The van der Waals surface area contributed by atoms with E-state index < -0.39 is 0 Å². The van der Waals surface area contributed by atoms with Crippen LogP contribution < -0.4 is 5.56 Å². The average molecular weight is 345 g/mol. The Labute approximate surface area is 122 Å². The highest BCUT2D eigenvalue weighted by atomic mass is 79.9. The van der Waals surface area contributed by atoms with Crippen LogP contribution in [0.3, 0.4) is 0 Å². The van der Waals surface area contributed by atoms with E-state index >= 15 is 0 Å². The topological polar surface area (TPSA) is 34.9 Å². The smallest absolute Gasteiger partial charge is 0.282 e. The Hall–Kier alpha value is -0.330. The first-order chi connectivity index (χ1) is 8.48. The summed E-state index contributed by atoms with van der Waals surface area (Å²) in [5, 5.41) is 2.53. The van der Waals surface area contributed by atoms with E-state index in [1.807, 2.05) is 6.92 Å². The first-order valence-electron chi connectivity index (χ1n) is 5.70. The van der Waals surface area contributed by atoms with E-state index in [0.717, 1.165) is 32.0 Å². The van der Waals surface area contributed by atoms with Gasteiger partial charge in [-0.1, -0.05) is 27.7 Å². The third-order valence-corrected chi connectivity index (χ3v) is 7.21. The minimum Gasteiger partial charge on any atom is -0.304 e. The standard InChI is InChI=1S/C12H13BrN2OS2/c1-6-7(2)18-10-8(6)9(16)14-11-15(10)12(3,4-13)5-17-11/h4-5H2,1-3H3. The number of thioether (sulfide) groups is 1. The Morgan fingerprint density at radius 2 is 2.22 bits per heavy atom. The summed E-state index contributed by atoms with van der Waals surface area (Å²) in [7, 11) is 0. The molecule has 3 rings (SSSR count). The maximum atomic E-state index is 12.1. The van der Waals surface area contributed by atoms with E-state index in [2.05, 4.69) is 39.3 Å². The Morgan fingerprint density at radius 3 is 2.89 bits per heavy atom. The zero-order chi connectivity index (χ0) is 13.1. The van der Waals surface area contributed by atoms with E-state index in [-0.39, 0.29) is 11.1 Å². The van der Waals surface area contributed by atoms with Crippen LogP contribution in [-0.2, 0) is 5.54 Å². The van der Waals surface area contributed by atoms with Gasteiger partial charge >= 0.3 is 0 Å². The number of hydrogen-bond donors (Lipinski definition) is 0. The van der Waals surface area contributed by atoms with Crippen LogP contribution in [0.1, 0.15) is 17.4 Å². The highest BCUT2D eigenvalue weighted by Gasteiger charge is 2.36. The number of alkyl halides is 1. The number of fused-ring (bicyclic) bond motifs is 3. The molecule has 0 N–H and O–H groups in total. The van der Waals surface area contributed by atoms with E-state index in [9.17, 15) is 4.79 Å². The SMILES string of the molecule is Cc1sc2c(c1C)c(=O)nc1n2C(C)(CBr)CS1. The molecule has 0 aliphatic carbocycles. The van der Waals surface area contributed by atoms with E-state index in [1.165, 1.54) is 4.88 Å². The zero-order valence-corrected chi connectivity index (χ0v) is 13.6. The Kier molecular flexibility index (Phi) is 2.88. The van der Waals surface area contributed by atoms with Gasteiger partial charge in [0.15, 0.2) is 5.16 Å². The molecule has 0 fully saturated rings. The molecule has 1 aliphatic heterocycles. The lowest BCUT2D eigenvalue weighted by atomic mass is 10.1. The van der Waals surface area contributed by atoms with Crippen LogP contribution in [0.2, 0.25) is 0 Å². The van der Waals surface area contributed by atoms with Gasteiger partial charge in [0.1, 0.15) is 4.83 Å². The van der Waals surface area contributed by atoms with Gasteiger partial charge in [-0.15, -0.1) is 11.3 Å². The van der Waals surface area contributed by atoms with Crippen molar-refractivity contribution >= 4 is 49.2 Å². The van der Waals surface area contributed by atoms with Gasteiger partial charge in [0.25, 0.3) is 5.56 Å². The average Bonchev–Trinajstić information content (AvgIpc) is 2.80. The Balaban J connectivity index is 2.49. The zero-order valence-electron chi connectivity index (χ0n) is 10.4. The van der Waals surface area contributed by atoms with Gasteiger partial charge < -0.3 is 4.57 Å². The number of rotatable bonds is 1. The lowest BCUT2D eigenvalue weighted by Crippen LogP contribution is -2.32. The number of halogens is 1. The maximum absolute atomic E-state index is 12.1. The molecule has 3 heterocycles. The van der Waals surface area contributed by atoms with Crippen molar-refractivity contribution in [3.05, 3.63) is 20.8 Å². The second-order valence-corrected chi connectivity index (χ2v) is 7.62. The molecule has 0 spiro atoms. The lowest BCUT2D eigenvalue weighted by molar-refractivity contribution is 0.412. The van der Waals surface area contributed by atoms with Crippen molar-refractivity contribution in [3.8, 4) is 0 Å². The predicted octanol–water partition coefficient (Wildman–Crippen LogP) is 3.29. The Morgan fingerprint density at radius 1 is 1.50 bits per heavy atom. The molecular formula is C12H13BrN2OS2. The summed E-state index contributed by atoms with van der Waals surface area (Å²) in [6, 6.07) is 0. The molecule has 96 valence electrons. The summed E-state index contributed by atoms with van der Waals surface area (Å²) in [5.41, 5.74) is 1.00. The van der Waals surface area contributed by atoms with E-state index in [0.29, 0.717) is 0 Å². The van der Waals surface area contributed by atoms with Crippen LogP contribution >= 0.6 is 39.0 Å². The van der Waals surface area contributed by atoms with Gasteiger partial charge in [-0.3, -0.25) is 4.79 Å². The quantitative estimate of drug-likeness (QED) is 0.588. The van der Waals surface area contributed by atoms with Crippen molar-refractivity contribution in [1.82, 2.24) is 9.55 Å². The third-order valence-electron chi connectivity index (χ3n) is 3.51. The number of nitrogens with zero attached hydrogens (tertiary/aromatic N) is 2. The molecule has 0 amide bonds. The number of aromatic nitrogens is 2. The fourth-order valence-corrected chi connectivity index (χ4v) is 5.57. The van der Waals surface area contributed by atoms with Gasteiger partial charge in [-0.25, -0.2) is 0 Å². The maximum Gasteiger partial charge on any atom is 0.282 e. The molecule has 1 atom stereocenters. The van der Waals surface area contributed by atoms with Crippen molar-refractivity contribution in [2.24, 2.45) is 0 Å². The summed E-state index contributed by atoms with van der Waals surface area (Å²) < 4.78 is 2.24. The monoisotopic (exact) mass is 344 g/mol. The van der Waals surface area contributed by atoms with Crippen LogP contribution in [0.25, 0.3) is 10.2 Å². The third kappa shape index (κ3) is 1.55. The minimum atomic E-state index is -0.0792. The molecule has 0 bridgehead atoms. The largest absolute Gasteiger partial charge is 0.304 e. The van der Waals surface area contributed by atoms with Crippen LogP contribution in [0.4, 0.5) is 0 Å². The number of aryl methyl sites for hydroxylation is 2. The van der Waals surface area contributed by atoms with Crippen LogP contribution in [0.5, 0.6) is 0 Å². The molecule has 6 heteroatoms. The Bertz CT molecular complexity index is 706. The first-order valence-corrected chi connectivity index (χ1v) is 8.62. The van der Waals surface area contributed by atoms with Gasteiger partial charge in [0, 0.05) is 16.0 Å². The summed E-state index contributed by atoms with van der Waals surface area (Å²) in [6.45, 7) is 6.29. The summed E-state index contributed by atoms with van der Waals surface area (Å²) in [5.74, 6) is 0.958. The highest BCUT2D eigenvalue weighted by molar-refractivity contribution is 9.09. The normalized spacial score (nSPS) is 22.7. The second kappa shape index (κ2) is 4.08. The van der Waals surface area contributed by atoms with Gasteiger partial charge in [0.05, 0.1) is 10.9 Å². The molecule has 2 aromatic heterocycles. The minimum absolute atomic E-state index is 0.00266. The molecule has 0 saturated heterocycles. The molecule has 0 saturated carbocycles. The molecule has 3 nitrogen and oxygen atoms in total. The number of hydrogen-bond acceptors (Lipinski definition) is 4. The van der Waals surface area contributed by atoms with Crippen molar-refractivity contribution in [3.63, 3.8) is 0 Å². The van der Waals surface area contributed by atoms with Crippen LogP contribution in [0.15, 0.2) is 9.95 Å². The molecule has 1 aliphatic rings. The first kappa shape index (κ1) is 12.7. The van der Waals surface area contributed by atoms with E-state index in [1.54, 1.807) is 23.1 Å². The molecular weight excluding hydrogens is 332 g/mol. The number of thiophene rings is 1. The van der Waals surface area contributed by atoms with Crippen LogP contribution in [0, 0.1) is 13.8 Å². The van der Waals surface area contributed by atoms with Crippen molar-refractivity contribution in [2.45, 2.75) is 31.5 Å². The highest BCUT2D eigenvalue weighted by Crippen LogP contribution is 2.42. The van der Waals surface area contributed by atoms with Gasteiger partial charge in [-0.05, 0) is 26.3 Å².